The monoisotopic (exact) mass is 290 g/mol. The minimum Gasteiger partial charge on any atom is -0.382 e. The normalized spacial score (nSPS) is 21.4. The first-order valence-corrected chi connectivity index (χ1v) is 10.2. The summed E-state index contributed by atoms with van der Waals surface area (Å²) < 4.78 is 6.01. The zero-order chi connectivity index (χ0) is 14.0. The lowest BCUT2D eigenvalue weighted by atomic mass is 10.1. The van der Waals surface area contributed by atoms with Crippen LogP contribution in [0.3, 0.4) is 0 Å². The molecule has 2 rings (SSSR count). The lowest BCUT2D eigenvalue weighted by Gasteiger charge is -2.26. The molecule has 1 saturated heterocycles. The molecule has 0 aromatic heterocycles. The zero-order valence-corrected chi connectivity index (χ0v) is 14.4. The molecule has 1 heterocycles. The first-order valence-electron chi connectivity index (χ1n) is 8.54. The van der Waals surface area contributed by atoms with Crippen molar-refractivity contribution >= 4 is 9.52 Å². The van der Waals surface area contributed by atoms with E-state index in [-0.39, 0.29) is 9.52 Å². The van der Waals surface area contributed by atoms with Gasteiger partial charge in [-0.2, -0.15) is 0 Å². The van der Waals surface area contributed by atoms with E-state index in [0.29, 0.717) is 5.73 Å². The number of rotatable bonds is 8. The summed E-state index contributed by atoms with van der Waals surface area (Å²) >= 11 is 0. The van der Waals surface area contributed by atoms with Crippen LogP contribution in [0, 0.1) is 0 Å². The lowest BCUT2D eigenvalue weighted by Crippen LogP contribution is -2.29. The second-order valence-electron chi connectivity index (χ2n) is 6.28. The maximum atomic E-state index is 6.01. The molecular weight excluding hydrogens is 260 g/mol. The van der Waals surface area contributed by atoms with E-state index in [1.807, 2.05) is 0 Å². The molecular formula is C18H30OSi. The molecule has 20 heavy (non-hydrogen) atoms. The van der Waals surface area contributed by atoms with Gasteiger partial charge >= 0.3 is 0 Å². The minimum atomic E-state index is -0.114. The first-order chi connectivity index (χ1) is 9.88. The van der Waals surface area contributed by atoms with Crippen LogP contribution < -0.4 is 0 Å². The molecule has 0 saturated carbocycles. The van der Waals surface area contributed by atoms with Gasteiger partial charge in [-0.15, -0.1) is 0 Å². The quantitative estimate of drug-likeness (QED) is 0.512. The second-order valence-corrected chi connectivity index (χ2v) is 8.81. The van der Waals surface area contributed by atoms with E-state index in [0.717, 1.165) is 12.1 Å². The predicted molar refractivity (Wildman–Crippen MR) is 90.2 cm³/mol. The van der Waals surface area contributed by atoms with E-state index < -0.39 is 0 Å². The molecule has 0 amide bonds. The Hall–Kier alpha value is -0.603. The van der Waals surface area contributed by atoms with Gasteiger partial charge in [-0.25, -0.2) is 0 Å². The molecule has 2 unspecified atom stereocenters. The summed E-state index contributed by atoms with van der Waals surface area (Å²) in [6, 6.07) is 11.1. The van der Waals surface area contributed by atoms with Crippen molar-refractivity contribution in [3.8, 4) is 0 Å². The minimum absolute atomic E-state index is 0.114. The van der Waals surface area contributed by atoms with E-state index >= 15 is 0 Å². The van der Waals surface area contributed by atoms with Crippen molar-refractivity contribution in [2.45, 2.75) is 69.6 Å². The van der Waals surface area contributed by atoms with Crippen molar-refractivity contribution in [3.63, 3.8) is 0 Å². The molecule has 1 aromatic carbocycles. The number of benzene rings is 1. The maximum Gasteiger partial charge on any atom is 0.0590 e. The van der Waals surface area contributed by atoms with Gasteiger partial charge in [0.2, 0.25) is 0 Å². The molecule has 0 aliphatic carbocycles. The standard InChI is InChI=1S/C18H30OSi/c1-2-3-5-12-17(15-16-10-6-4-7-11-16)20-18-13-8-9-14-19-18/h4,6-7,10-11,17-18H,2-3,5,8-9,12-15,20H2,1H3. The predicted octanol–water partition coefficient (Wildman–Crippen LogP) is 4.29. The van der Waals surface area contributed by atoms with Crippen molar-refractivity contribution in [1.29, 1.82) is 0 Å². The Morgan fingerprint density at radius 3 is 2.75 bits per heavy atom. The van der Waals surface area contributed by atoms with Gasteiger partial charge in [0, 0.05) is 12.3 Å². The Labute approximate surface area is 126 Å². The molecule has 0 spiro atoms. The Balaban J connectivity index is 1.85. The summed E-state index contributed by atoms with van der Waals surface area (Å²) in [5.74, 6) is 0. The van der Waals surface area contributed by atoms with Crippen LogP contribution in [0.1, 0.15) is 57.4 Å². The van der Waals surface area contributed by atoms with E-state index in [1.165, 1.54) is 56.9 Å². The van der Waals surface area contributed by atoms with Crippen LogP contribution in [0.5, 0.6) is 0 Å². The topological polar surface area (TPSA) is 9.23 Å². The van der Waals surface area contributed by atoms with Crippen molar-refractivity contribution in [1.82, 2.24) is 0 Å². The Morgan fingerprint density at radius 2 is 2.05 bits per heavy atom. The molecule has 0 N–H and O–H groups in total. The molecule has 112 valence electrons. The van der Waals surface area contributed by atoms with E-state index in [9.17, 15) is 0 Å². The fraction of sp³-hybridized carbons (Fsp3) is 0.667. The molecule has 1 aromatic rings. The summed E-state index contributed by atoms with van der Waals surface area (Å²) in [6.45, 7) is 3.32. The van der Waals surface area contributed by atoms with E-state index in [1.54, 1.807) is 0 Å². The SMILES string of the molecule is CCCCCC(Cc1ccccc1)[SiH2]C1CCCCO1. The van der Waals surface area contributed by atoms with Gasteiger partial charge in [0.25, 0.3) is 0 Å². The van der Waals surface area contributed by atoms with Gasteiger partial charge in [0.1, 0.15) is 0 Å². The van der Waals surface area contributed by atoms with Crippen molar-refractivity contribution in [3.05, 3.63) is 35.9 Å². The van der Waals surface area contributed by atoms with Crippen molar-refractivity contribution in [2.75, 3.05) is 6.61 Å². The average molecular weight is 291 g/mol. The average Bonchev–Trinajstić information content (AvgIpc) is 2.49. The van der Waals surface area contributed by atoms with Crippen LogP contribution in [0.2, 0.25) is 5.54 Å². The number of unbranched alkanes of at least 4 members (excludes halogenated alkanes) is 2. The summed E-state index contributed by atoms with van der Waals surface area (Å²) in [5, 5.41) is 0. The molecule has 1 fully saturated rings. The van der Waals surface area contributed by atoms with Gasteiger partial charge in [0.15, 0.2) is 0 Å². The molecule has 1 nitrogen and oxygen atoms in total. The van der Waals surface area contributed by atoms with Crippen molar-refractivity contribution < 1.29 is 4.74 Å². The Bertz CT molecular complexity index is 346. The largest absolute Gasteiger partial charge is 0.382 e. The first kappa shape index (κ1) is 15.8. The van der Waals surface area contributed by atoms with Gasteiger partial charge in [-0.3, -0.25) is 0 Å². The maximum absolute atomic E-state index is 6.01. The van der Waals surface area contributed by atoms with Gasteiger partial charge < -0.3 is 4.74 Å². The molecule has 2 heteroatoms. The summed E-state index contributed by atoms with van der Waals surface area (Å²) in [5.41, 5.74) is 3.13. The third-order valence-corrected chi connectivity index (χ3v) is 6.99. The third-order valence-electron chi connectivity index (χ3n) is 4.45. The van der Waals surface area contributed by atoms with Crippen LogP contribution in [0.15, 0.2) is 30.3 Å². The summed E-state index contributed by atoms with van der Waals surface area (Å²) in [6.07, 6.45) is 10.9. The highest BCUT2D eigenvalue weighted by Gasteiger charge is 2.20. The van der Waals surface area contributed by atoms with Crippen LogP contribution in [0.25, 0.3) is 0 Å². The van der Waals surface area contributed by atoms with E-state index in [4.69, 9.17) is 4.74 Å². The number of ether oxygens (including phenoxy) is 1. The zero-order valence-electron chi connectivity index (χ0n) is 13.0. The number of hydrogen-bond donors (Lipinski definition) is 0. The second kappa shape index (κ2) is 9.35. The van der Waals surface area contributed by atoms with Crippen LogP contribution >= 0.6 is 0 Å². The summed E-state index contributed by atoms with van der Waals surface area (Å²) in [7, 11) is -0.114. The summed E-state index contributed by atoms with van der Waals surface area (Å²) in [4.78, 5) is 0. The highest BCUT2D eigenvalue weighted by atomic mass is 28.2. The molecule has 1 aliphatic heterocycles. The Morgan fingerprint density at radius 1 is 1.20 bits per heavy atom. The molecule has 0 bridgehead atoms. The third kappa shape index (κ3) is 5.80. The number of hydrogen-bond acceptors (Lipinski definition) is 1. The van der Waals surface area contributed by atoms with Crippen LogP contribution in [0.4, 0.5) is 0 Å². The molecule has 1 aliphatic rings. The van der Waals surface area contributed by atoms with E-state index in [2.05, 4.69) is 37.3 Å². The highest BCUT2D eigenvalue weighted by Crippen LogP contribution is 2.24. The highest BCUT2D eigenvalue weighted by molar-refractivity contribution is 6.39. The fourth-order valence-electron chi connectivity index (χ4n) is 3.30. The molecule has 2 atom stereocenters. The molecule has 0 radical (unpaired) electrons. The van der Waals surface area contributed by atoms with Gasteiger partial charge in [-0.1, -0.05) is 62.9 Å². The smallest absolute Gasteiger partial charge is 0.0590 e. The Kier molecular flexibility index (Phi) is 7.38. The van der Waals surface area contributed by atoms with Crippen LogP contribution in [-0.2, 0) is 11.2 Å². The lowest BCUT2D eigenvalue weighted by molar-refractivity contribution is 0.0641. The van der Waals surface area contributed by atoms with Crippen molar-refractivity contribution in [2.24, 2.45) is 0 Å². The van der Waals surface area contributed by atoms with Gasteiger partial charge in [-0.05, 0) is 36.8 Å². The van der Waals surface area contributed by atoms with Gasteiger partial charge in [0.05, 0.1) is 9.52 Å². The van der Waals surface area contributed by atoms with Crippen LogP contribution in [-0.4, -0.2) is 21.9 Å². The fourth-order valence-corrected chi connectivity index (χ4v) is 5.89.